The van der Waals surface area contributed by atoms with Crippen molar-refractivity contribution in [3.63, 3.8) is 0 Å². The number of hydrogen-bond donors (Lipinski definition) is 1. The van der Waals surface area contributed by atoms with Gasteiger partial charge >= 0.3 is 0 Å². The summed E-state index contributed by atoms with van der Waals surface area (Å²) in [6.45, 7) is 3.79. The van der Waals surface area contributed by atoms with Crippen LogP contribution in [0.2, 0.25) is 5.02 Å². The average Bonchev–Trinajstić information content (AvgIpc) is 2.72. The van der Waals surface area contributed by atoms with Gasteiger partial charge < -0.3 is 5.32 Å². The molecule has 2 aromatic carbocycles. The Labute approximate surface area is 168 Å². The number of nitrogens with zero attached hydrogens (tertiary/aromatic N) is 2. The molecule has 2 heterocycles. The van der Waals surface area contributed by atoms with E-state index < -0.39 is 0 Å². The van der Waals surface area contributed by atoms with Gasteiger partial charge in [0.15, 0.2) is 0 Å². The zero-order valence-corrected chi connectivity index (χ0v) is 16.3. The maximum atomic E-state index is 14.6. The molecule has 5 heteroatoms. The van der Waals surface area contributed by atoms with Gasteiger partial charge in [-0.1, -0.05) is 41.9 Å². The number of anilines is 1. The molecule has 0 saturated heterocycles. The highest BCUT2D eigenvalue weighted by atomic mass is 35.5. The van der Waals surface area contributed by atoms with Crippen LogP contribution < -0.4 is 5.32 Å². The summed E-state index contributed by atoms with van der Waals surface area (Å²) in [7, 11) is 0. The third kappa shape index (κ3) is 3.43. The molecule has 4 rings (SSSR count). The minimum Gasteiger partial charge on any atom is -0.377 e. The van der Waals surface area contributed by atoms with E-state index in [1.54, 1.807) is 18.5 Å². The molecular weight excluding hydrogens is 373 g/mol. The Bertz CT molecular complexity index is 1150. The number of para-hydroxylation sites is 1. The molecule has 0 bridgehead atoms. The van der Waals surface area contributed by atoms with Crippen molar-refractivity contribution in [2.75, 3.05) is 5.32 Å². The SMILES string of the molecule is Cc1nc2ccccc2c(NC(C)c2cc(-c3cccnc3)ccc2F)c1Cl. The number of fused-ring (bicyclic) bond motifs is 1. The summed E-state index contributed by atoms with van der Waals surface area (Å²) in [5.41, 5.74) is 4.78. The van der Waals surface area contributed by atoms with Crippen LogP contribution in [0.1, 0.15) is 24.2 Å². The fourth-order valence-electron chi connectivity index (χ4n) is 3.34. The van der Waals surface area contributed by atoms with Crippen LogP contribution in [0.15, 0.2) is 67.0 Å². The lowest BCUT2D eigenvalue weighted by atomic mass is 10.00. The first-order valence-corrected chi connectivity index (χ1v) is 9.43. The summed E-state index contributed by atoms with van der Waals surface area (Å²) < 4.78 is 14.6. The van der Waals surface area contributed by atoms with Gasteiger partial charge in [-0.2, -0.15) is 0 Å². The van der Waals surface area contributed by atoms with Gasteiger partial charge in [-0.15, -0.1) is 0 Å². The summed E-state index contributed by atoms with van der Waals surface area (Å²) in [5.74, 6) is -0.265. The third-order valence-corrected chi connectivity index (χ3v) is 5.28. The van der Waals surface area contributed by atoms with E-state index in [1.165, 1.54) is 6.07 Å². The fraction of sp³-hybridized carbons (Fsp3) is 0.130. The average molecular weight is 392 g/mol. The molecule has 0 aliphatic rings. The van der Waals surface area contributed by atoms with Crippen molar-refractivity contribution in [3.05, 3.63) is 89.1 Å². The zero-order chi connectivity index (χ0) is 19.7. The largest absolute Gasteiger partial charge is 0.377 e. The molecule has 1 N–H and O–H groups in total. The van der Waals surface area contributed by atoms with Gasteiger partial charge in [-0.25, -0.2) is 4.39 Å². The molecule has 0 radical (unpaired) electrons. The summed E-state index contributed by atoms with van der Waals surface area (Å²) in [5, 5.41) is 4.86. The number of halogens is 2. The first-order chi connectivity index (χ1) is 13.5. The Morgan fingerprint density at radius 1 is 1.04 bits per heavy atom. The van der Waals surface area contributed by atoms with Crippen LogP contribution in [0.25, 0.3) is 22.0 Å². The van der Waals surface area contributed by atoms with Crippen molar-refractivity contribution in [1.82, 2.24) is 9.97 Å². The van der Waals surface area contributed by atoms with Crippen LogP contribution in [-0.4, -0.2) is 9.97 Å². The molecule has 0 spiro atoms. The quantitative estimate of drug-likeness (QED) is 0.427. The number of aromatic nitrogens is 2. The van der Waals surface area contributed by atoms with E-state index in [4.69, 9.17) is 11.6 Å². The molecule has 28 heavy (non-hydrogen) atoms. The molecule has 0 fully saturated rings. The maximum absolute atomic E-state index is 14.6. The van der Waals surface area contributed by atoms with Crippen molar-refractivity contribution in [3.8, 4) is 11.1 Å². The van der Waals surface area contributed by atoms with Gasteiger partial charge in [-0.05, 0) is 43.7 Å². The number of pyridine rings is 2. The van der Waals surface area contributed by atoms with Crippen LogP contribution in [0, 0.1) is 12.7 Å². The minimum absolute atomic E-state index is 0.265. The first-order valence-electron chi connectivity index (χ1n) is 9.06. The minimum atomic E-state index is -0.292. The Balaban J connectivity index is 1.75. The summed E-state index contributed by atoms with van der Waals surface area (Å²) in [6, 6.07) is 16.4. The summed E-state index contributed by atoms with van der Waals surface area (Å²) in [6.07, 6.45) is 3.49. The lowest BCUT2D eigenvalue weighted by Crippen LogP contribution is -2.10. The third-order valence-electron chi connectivity index (χ3n) is 4.82. The lowest BCUT2D eigenvalue weighted by molar-refractivity contribution is 0.600. The molecule has 2 aromatic heterocycles. The molecule has 3 nitrogen and oxygen atoms in total. The second-order valence-electron chi connectivity index (χ2n) is 6.75. The van der Waals surface area contributed by atoms with Crippen molar-refractivity contribution >= 4 is 28.2 Å². The lowest BCUT2D eigenvalue weighted by Gasteiger charge is -2.20. The molecule has 0 amide bonds. The van der Waals surface area contributed by atoms with E-state index >= 15 is 0 Å². The Kier molecular flexibility index (Phi) is 4.97. The van der Waals surface area contributed by atoms with Crippen molar-refractivity contribution in [2.45, 2.75) is 19.9 Å². The highest BCUT2D eigenvalue weighted by Gasteiger charge is 2.17. The van der Waals surface area contributed by atoms with Crippen LogP contribution in [0.3, 0.4) is 0 Å². The maximum Gasteiger partial charge on any atom is 0.128 e. The molecule has 4 aromatic rings. The van der Waals surface area contributed by atoms with Crippen LogP contribution >= 0.6 is 11.6 Å². The first kappa shape index (κ1) is 18.4. The van der Waals surface area contributed by atoms with Gasteiger partial charge in [0.25, 0.3) is 0 Å². The van der Waals surface area contributed by atoms with E-state index in [1.807, 2.05) is 56.3 Å². The van der Waals surface area contributed by atoms with Crippen molar-refractivity contribution in [1.29, 1.82) is 0 Å². The highest BCUT2D eigenvalue weighted by molar-refractivity contribution is 6.35. The second-order valence-corrected chi connectivity index (χ2v) is 7.13. The summed E-state index contributed by atoms with van der Waals surface area (Å²) in [4.78, 5) is 8.68. The number of hydrogen-bond acceptors (Lipinski definition) is 3. The zero-order valence-electron chi connectivity index (χ0n) is 15.6. The number of aryl methyl sites for hydroxylation is 1. The number of nitrogens with one attached hydrogen (secondary N) is 1. The molecule has 0 aliphatic carbocycles. The van der Waals surface area contributed by atoms with E-state index in [2.05, 4.69) is 15.3 Å². The van der Waals surface area contributed by atoms with E-state index in [0.717, 1.165) is 33.4 Å². The predicted molar refractivity (Wildman–Crippen MR) is 113 cm³/mol. The second kappa shape index (κ2) is 7.56. The number of benzene rings is 2. The van der Waals surface area contributed by atoms with Crippen LogP contribution in [0.4, 0.5) is 10.1 Å². The smallest absolute Gasteiger partial charge is 0.128 e. The number of rotatable bonds is 4. The Hall–Kier alpha value is -2.98. The van der Waals surface area contributed by atoms with Crippen LogP contribution in [-0.2, 0) is 0 Å². The summed E-state index contributed by atoms with van der Waals surface area (Å²) >= 11 is 6.54. The van der Waals surface area contributed by atoms with E-state index in [9.17, 15) is 4.39 Å². The predicted octanol–water partition coefficient (Wildman–Crippen LogP) is 6.57. The van der Waals surface area contributed by atoms with E-state index in [0.29, 0.717) is 10.6 Å². The normalized spacial score (nSPS) is 12.1. The van der Waals surface area contributed by atoms with Crippen molar-refractivity contribution in [2.24, 2.45) is 0 Å². The molecule has 0 saturated carbocycles. The molecule has 0 aliphatic heterocycles. The van der Waals surface area contributed by atoms with Gasteiger partial charge in [0.05, 0.1) is 28.0 Å². The topological polar surface area (TPSA) is 37.8 Å². The molecule has 1 unspecified atom stereocenters. The fourth-order valence-corrected chi connectivity index (χ4v) is 3.53. The Morgan fingerprint density at radius 3 is 2.64 bits per heavy atom. The van der Waals surface area contributed by atoms with Gasteiger partial charge in [0, 0.05) is 28.9 Å². The van der Waals surface area contributed by atoms with E-state index in [-0.39, 0.29) is 11.9 Å². The highest BCUT2D eigenvalue weighted by Crippen LogP contribution is 2.35. The Morgan fingerprint density at radius 2 is 1.86 bits per heavy atom. The monoisotopic (exact) mass is 391 g/mol. The van der Waals surface area contributed by atoms with Gasteiger partial charge in [0.1, 0.15) is 5.82 Å². The molecular formula is C23H19ClFN3. The van der Waals surface area contributed by atoms with Crippen molar-refractivity contribution < 1.29 is 4.39 Å². The van der Waals surface area contributed by atoms with Crippen LogP contribution in [0.5, 0.6) is 0 Å². The molecule has 1 atom stereocenters. The van der Waals surface area contributed by atoms with Gasteiger partial charge in [-0.3, -0.25) is 9.97 Å². The standard InChI is InChI=1S/C23H19ClFN3/c1-14(19-12-16(9-10-20(19)25)17-6-5-11-26-13-17)28-23-18-7-3-4-8-21(18)27-15(2)22(23)24/h3-14H,1-2H3,(H,27,28). The molecule has 140 valence electrons. The van der Waals surface area contributed by atoms with Gasteiger partial charge in [0.2, 0.25) is 0 Å².